The molecule has 0 aliphatic rings. The van der Waals surface area contributed by atoms with E-state index in [4.69, 9.17) is 6.42 Å². The fraction of sp³-hybridized carbons (Fsp3) is 0. The van der Waals surface area contributed by atoms with Crippen molar-refractivity contribution in [3.8, 4) is 34.6 Å². The topological polar surface area (TPSA) is 0 Å². The van der Waals surface area contributed by atoms with Gasteiger partial charge in [0, 0.05) is 5.56 Å². The SMILES string of the molecule is C#Cc1cc(-c2ccccc2)cc(-c2ccccc2)c1. The van der Waals surface area contributed by atoms with Crippen LogP contribution in [0, 0.1) is 12.3 Å². The molecule has 3 aromatic carbocycles. The van der Waals surface area contributed by atoms with E-state index in [0.717, 1.165) is 16.7 Å². The zero-order valence-corrected chi connectivity index (χ0v) is 11.1. The van der Waals surface area contributed by atoms with Crippen molar-refractivity contribution in [2.24, 2.45) is 0 Å². The van der Waals surface area contributed by atoms with E-state index in [1.807, 2.05) is 36.4 Å². The molecule has 0 aromatic heterocycles. The molecule has 0 N–H and O–H groups in total. The molecule has 0 radical (unpaired) electrons. The van der Waals surface area contributed by atoms with E-state index in [0.29, 0.717) is 0 Å². The molecule has 0 saturated carbocycles. The molecule has 0 atom stereocenters. The van der Waals surface area contributed by atoms with Gasteiger partial charge in [-0.15, -0.1) is 6.42 Å². The van der Waals surface area contributed by atoms with Crippen molar-refractivity contribution in [1.82, 2.24) is 0 Å². The quantitative estimate of drug-likeness (QED) is 0.564. The maximum atomic E-state index is 5.59. The van der Waals surface area contributed by atoms with Gasteiger partial charge in [-0.3, -0.25) is 0 Å². The highest BCUT2D eigenvalue weighted by Gasteiger charge is 2.04. The van der Waals surface area contributed by atoms with E-state index in [-0.39, 0.29) is 0 Å². The predicted molar refractivity (Wildman–Crippen MR) is 85.2 cm³/mol. The average molecular weight is 254 g/mol. The molecule has 0 unspecified atom stereocenters. The maximum Gasteiger partial charge on any atom is 0.0254 e. The Morgan fingerprint density at radius 3 is 1.40 bits per heavy atom. The summed E-state index contributed by atoms with van der Waals surface area (Å²) in [5, 5.41) is 0. The van der Waals surface area contributed by atoms with Crippen LogP contribution in [0.4, 0.5) is 0 Å². The van der Waals surface area contributed by atoms with Crippen LogP contribution in [0.1, 0.15) is 5.56 Å². The van der Waals surface area contributed by atoms with Gasteiger partial charge in [-0.2, -0.15) is 0 Å². The summed E-state index contributed by atoms with van der Waals surface area (Å²) in [5.74, 6) is 2.75. The lowest BCUT2D eigenvalue weighted by Gasteiger charge is -2.08. The van der Waals surface area contributed by atoms with Crippen LogP contribution in [0.5, 0.6) is 0 Å². The number of hydrogen-bond donors (Lipinski definition) is 0. The highest BCUT2D eigenvalue weighted by Crippen LogP contribution is 2.27. The summed E-state index contributed by atoms with van der Waals surface area (Å²) in [6.07, 6.45) is 5.59. The van der Waals surface area contributed by atoms with E-state index >= 15 is 0 Å². The summed E-state index contributed by atoms with van der Waals surface area (Å²) in [7, 11) is 0. The second-order valence-electron chi connectivity index (χ2n) is 4.68. The Labute approximate surface area is 119 Å². The summed E-state index contributed by atoms with van der Waals surface area (Å²) < 4.78 is 0. The first-order chi connectivity index (χ1) is 9.86. The Morgan fingerprint density at radius 2 is 1.00 bits per heavy atom. The largest absolute Gasteiger partial charge is 0.115 e. The average Bonchev–Trinajstić information content (AvgIpc) is 2.56. The first-order valence-corrected chi connectivity index (χ1v) is 6.59. The molecule has 0 heteroatoms. The number of rotatable bonds is 2. The van der Waals surface area contributed by atoms with Crippen LogP contribution in [0.3, 0.4) is 0 Å². The van der Waals surface area contributed by atoms with Crippen molar-refractivity contribution in [3.63, 3.8) is 0 Å². The van der Waals surface area contributed by atoms with Crippen LogP contribution >= 0.6 is 0 Å². The van der Waals surface area contributed by atoms with Gasteiger partial charge in [0.1, 0.15) is 0 Å². The van der Waals surface area contributed by atoms with E-state index < -0.39 is 0 Å². The molecule has 0 amide bonds. The fourth-order valence-corrected chi connectivity index (χ4v) is 2.31. The van der Waals surface area contributed by atoms with Gasteiger partial charge in [-0.25, -0.2) is 0 Å². The van der Waals surface area contributed by atoms with Crippen LogP contribution in [-0.4, -0.2) is 0 Å². The summed E-state index contributed by atoms with van der Waals surface area (Å²) in [5.41, 5.74) is 5.58. The predicted octanol–water partition coefficient (Wildman–Crippen LogP) is 5.00. The summed E-state index contributed by atoms with van der Waals surface area (Å²) in [4.78, 5) is 0. The second-order valence-corrected chi connectivity index (χ2v) is 4.68. The fourth-order valence-electron chi connectivity index (χ4n) is 2.31. The van der Waals surface area contributed by atoms with Gasteiger partial charge in [0.2, 0.25) is 0 Å². The highest BCUT2D eigenvalue weighted by molar-refractivity contribution is 5.75. The Balaban J connectivity index is 2.16. The van der Waals surface area contributed by atoms with E-state index in [1.165, 1.54) is 11.1 Å². The van der Waals surface area contributed by atoms with Crippen LogP contribution in [0.2, 0.25) is 0 Å². The molecule has 3 rings (SSSR count). The van der Waals surface area contributed by atoms with Crippen LogP contribution in [0.15, 0.2) is 78.9 Å². The highest BCUT2D eigenvalue weighted by atomic mass is 14.1. The van der Waals surface area contributed by atoms with Gasteiger partial charge in [-0.1, -0.05) is 66.6 Å². The lowest BCUT2D eigenvalue weighted by Crippen LogP contribution is -1.84. The summed E-state index contributed by atoms with van der Waals surface area (Å²) >= 11 is 0. The number of terminal acetylenes is 1. The second kappa shape index (κ2) is 5.47. The molecule has 0 bridgehead atoms. The molecule has 0 heterocycles. The zero-order chi connectivity index (χ0) is 13.8. The molecule has 0 aliphatic carbocycles. The zero-order valence-electron chi connectivity index (χ0n) is 11.1. The van der Waals surface area contributed by atoms with E-state index in [9.17, 15) is 0 Å². The van der Waals surface area contributed by atoms with Crippen LogP contribution in [0.25, 0.3) is 22.3 Å². The Kier molecular flexibility index (Phi) is 3.35. The van der Waals surface area contributed by atoms with Crippen molar-refractivity contribution < 1.29 is 0 Å². The van der Waals surface area contributed by atoms with Crippen LogP contribution < -0.4 is 0 Å². The minimum atomic E-state index is 0.908. The molecule has 3 aromatic rings. The van der Waals surface area contributed by atoms with Crippen molar-refractivity contribution in [2.45, 2.75) is 0 Å². The van der Waals surface area contributed by atoms with Gasteiger partial charge in [0.15, 0.2) is 0 Å². The number of benzene rings is 3. The lowest BCUT2D eigenvalue weighted by molar-refractivity contribution is 1.56. The molecular formula is C20H14. The van der Waals surface area contributed by atoms with E-state index in [1.54, 1.807) is 0 Å². The minimum Gasteiger partial charge on any atom is -0.115 e. The smallest absolute Gasteiger partial charge is 0.0254 e. The standard InChI is InChI=1S/C20H14/c1-2-16-13-19(17-9-5-3-6-10-17)15-20(14-16)18-11-7-4-8-12-18/h1,3-15H. The maximum absolute atomic E-state index is 5.59. The van der Waals surface area contributed by atoms with Crippen molar-refractivity contribution in [1.29, 1.82) is 0 Å². The third-order valence-electron chi connectivity index (χ3n) is 3.31. The monoisotopic (exact) mass is 254 g/mol. The Hall–Kier alpha value is -2.78. The Morgan fingerprint density at radius 1 is 0.550 bits per heavy atom. The van der Waals surface area contributed by atoms with Crippen molar-refractivity contribution >= 4 is 0 Å². The van der Waals surface area contributed by atoms with Gasteiger partial charge >= 0.3 is 0 Å². The van der Waals surface area contributed by atoms with E-state index in [2.05, 4.69) is 48.4 Å². The van der Waals surface area contributed by atoms with Gasteiger partial charge in [0.05, 0.1) is 0 Å². The van der Waals surface area contributed by atoms with Gasteiger partial charge in [-0.05, 0) is 40.5 Å². The van der Waals surface area contributed by atoms with Crippen LogP contribution in [-0.2, 0) is 0 Å². The number of hydrogen-bond acceptors (Lipinski definition) is 0. The summed E-state index contributed by atoms with van der Waals surface area (Å²) in [6, 6.07) is 26.9. The van der Waals surface area contributed by atoms with Crippen molar-refractivity contribution in [3.05, 3.63) is 84.4 Å². The normalized spacial score (nSPS) is 9.95. The first-order valence-electron chi connectivity index (χ1n) is 6.59. The molecule has 0 saturated heterocycles. The summed E-state index contributed by atoms with van der Waals surface area (Å²) in [6.45, 7) is 0. The molecular weight excluding hydrogens is 240 g/mol. The molecule has 0 fully saturated rings. The molecule has 0 aliphatic heterocycles. The lowest BCUT2D eigenvalue weighted by atomic mass is 9.96. The molecule has 0 nitrogen and oxygen atoms in total. The minimum absolute atomic E-state index is 0.908. The molecule has 94 valence electrons. The first kappa shape index (κ1) is 12.3. The third-order valence-corrected chi connectivity index (χ3v) is 3.31. The van der Waals surface area contributed by atoms with Gasteiger partial charge < -0.3 is 0 Å². The van der Waals surface area contributed by atoms with Crippen molar-refractivity contribution in [2.75, 3.05) is 0 Å². The Bertz CT molecular complexity index is 689. The van der Waals surface area contributed by atoms with Gasteiger partial charge in [0.25, 0.3) is 0 Å². The molecule has 0 spiro atoms. The third kappa shape index (κ3) is 2.48. The molecule has 20 heavy (non-hydrogen) atoms.